The van der Waals surface area contributed by atoms with Gasteiger partial charge in [-0.05, 0) is 19.1 Å². The van der Waals surface area contributed by atoms with Crippen molar-refractivity contribution in [3.8, 4) is 0 Å². The average Bonchev–Trinajstić information content (AvgIpc) is 2.50. The predicted molar refractivity (Wildman–Crippen MR) is 91.7 cm³/mol. The van der Waals surface area contributed by atoms with Gasteiger partial charge in [-0.2, -0.15) is 4.72 Å². The molecule has 0 aliphatic rings. The molecular formula is C16H20N2O5S. The number of carbonyl (C=O) groups is 1. The molecule has 0 saturated heterocycles. The lowest BCUT2D eigenvalue weighted by molar-refractivity contribution is -0.141. The molecule has 0 aliphatic carbocycles. The fourth-order valence-corrected chi connectivity index (χ4v) is 3.96. The van der Waals surface area contributed by atoms with Crippen LogP contribution in [0.1, 0.15) is 6.92 Å². The molecule has 0 heterocycles. The Hall–Kier alpha value is -2.16. The van der Waals surface area contributed by atoms with Crippen molar-refractivity contribution in [1.29, 1.82) is 0 Å². The number of sulfonamides is 1. The van der Waals surface area contributed by atoms with Gasteiger partial charge >= 0.3 is 5.97 Å². The quantitative estimate of drug-likeness (QED) is 0.716. The minimum atomic E-state index is -4.13. The number of carboxylic acid groups (broad SMARTS) is 1. The number of aliphatic carboxylic acids is 1. The summed E-state index contributed by atoms with van der Waals surface area (Å²) in [6.07, 6.45) is -1.37. The van der Waals surface area contributed by atoms with Gasteiger partial charge in [0.15, 0.2) is 0 Å². The van der Waals surface area contributed by atoms with Crippen molar-refractivity contribution in [3.63, 3.8) is 0 Å². The van der Waals surface area contributed by atoms with E-state index in [2.05, 4.69) is 4.72 Å². The van der Waals surface area contributed by atoms with Gasteiger partial charge in [0, 0.05) is 30.6 Å². The molecule has 0 spiro atoms. The molecule has 0 amide bonds. The fraction of sp³-hybridized carbons (Fsp3) is 0.312. The van der Waals surface area contributed by atoms with Gasteiger partial charge in [0.2, 0.25) is 10.0 Å². The number of anilines is 1. The van der Waals surface area contributed by atoms with Crippen LogP contribution in [-0.4, -0.2) is 50.8 Å². The van der Waals surface area contributed by atoms with Crippen molar-refractivity contribution >= 4 is 32.5 Å². The second kappa shape index (κ2) is 6.76. The molecule has 0 radical (unpaired) electrons. The highest BCUT2D eigenvalue weighted by molar-refractivity contribution is 7.89. The van der Waals surface area contributed by atoms with Gasteiger partial charge in [0.25, 0.3) is 0 Å². The van der Waals surface area contributed by atoms with Gasteiger partial charge in [-0.3, -0.25) is 4.79 Å². The number of carboxylic acids is 1. The lowest BCUT2D eigenvalue weighted by Crippen LogP contribution is -2.47. The van der Waals surface area contributed by atoms with Gasteiger partial charge in [0.1, 0.15) is 6.04 Å². The smallest absolute Gasteiger partial charge is 0.324 e. The maximum Gasteiger partial charge on any atom is 0.324 e. The van der Waals surface area contributed by atoms with E-state index in [4.69, 9.17) is 5.11 Å². The third-order valence-corrected chi connectivity index (χ3v) is 5.16. The number of rotatable bonds is 6. The zero-order valence-electron chi connectivity index (χ0n) is 13.6. The van der Waals surface area contributed by atoms with Gasteiger partial charge < -0.3 is 15.1 Å². The standard InChI is InChI=1S/C16H20N2O5S/c1-10(19)15(16(20)21)17-24(22,23)14-9-5-6-11-12(14)7-4-8-13(11)18(2)3/h4-10,15,17,19H,1-3H3,(H,20,21)/t10-,15+/m0/s1. The van der Waals surface area contributed by atoms with Gasteiger partial charge in [0.05, 0.1) is 11.0 Å². The fourth-order valence-electron chi connectivity index (χ4n) is 2.47. The van der Waals surface area contributed by atoms with Gasteiger partial charge in [-0.15, -0.1) is 0 Å². The van der Waals surface area contributed by atoms with Gasteiger partial charge in [-0.25, -0.2) is 8.42 Å². The summed E-state index contributed by atoms with van der Waals surface area (Å²) in [5, 5.41) is 19.8. The molecule has 2 rings (SSSR count). The average molecular weight is 352 g/mol. The van der Waals surface area contributed by atoms with Crippen molar-refractivity contribution in [3.05, 3.63) is 36.4 Å². The summed E-state index contributed by atoms with van der Waals surface area (Å²) in [6.45, 7) is 1.22. The van der Waals surface area contributed by atoms with Crippen LogP contribution in [0.3, 0.4) is 0 Å². The number of aliphatic hydroxyl groups is 1. The molecular weight excluding hydrogens is 332 g/mol. The summed E-state index contributed by atoms with van der Waals surface area (Å²) >= 11 is 0. The Bertz CT molecular complexity index is 862. The number of hydrogen-bond donors (Lipinski definition) is 3. The highest BCUT2D eigenvalue weighted by Gasteiger charge is 2.30. The summed E-state index contributed by atoms with van der Waals surface area (Å²) in [4.78, 5) is 13.0. The van der Waals surface area contributed by atoms with Gasteiger partial charge in [-0.1, -0.05) is 24.3 Å². The molecule has 3 N–H and O–H groups in total. The molecule has 0 aliphatic heterocycles. The summed E-state index contributed by atoms with van der Waals surface area (Å²) in [7, 11) is -0.429. The minimum Gasteiger partial charge on any atom is -0.480 e. The van der Waals surface area contributed by atoms with E-state index in [0.717, 1.165) is 11.1 Å². The number of fused-ring (bicyclic) bond motifs is 1. The maximum absolute atomic E-state index is 12.6. The summed E-state index contributed by atoms with van der Waals surface area (Å²) in [5.41, 5.74) is 0.842. The lowest BCUT2D eigenvalue weighted by Gasteiger charge is -2.19. The van der Waals surface area contributed by atoms with E-state index in [9.17, 15) is 18.3 Å². The van der Waals surface area contributed by atoms with Crippen LogP contribution in [0.25, 0.3) is 10.8 Å². The first kappa shape index (κ1) is 18.2. The first-order valence-corrected chi connectivity index (χ1v) is 8.75. The second-order valence-corrected chi connectivity index (χ2v) is 7.38. The Kier molecular flexibility index (Phi) is 5.12. The third-order valence-electron chi connectivity index (χ3n) is 3.66. The van der Waals surface area contributed by atoms with Crippen LogP contribution in [-0.2, 0) is 14.8 Å². The lowest BCUT2D eigenvalue weighted by atomic mass is 10.1. The van der Waals surface area contributed by atoms with E-state index in [1.807, 2.05) is 25.1 Å². The van der Waals surface area contributed by atoms with E-state index in [1.54, 1.807) is 24.3 Å². The van der Waals surface area contributed by atoms with E-state index in [1.165, 1.54) is 13.0 Å². The van der Waals surface area contributed by atoms with Crippen LogP contribution in [0, 0.1) is 0 Å². The number of nitrogens with one attached hydrogen (secondary N) is 1. The SMILES string of the molecule is C[C@H](O)[C@@H](NS(=O)(=O)c1cccc2c(N(C)C)cccc12)C(=O)O. The van der Waals surface area contributed by atoms with Crippen LogP contribution in [0.2, 0.25) is 0 Å². The van der Waals surface area contributed by atoms with Crippen molar-refractivity contribution in [2.75, 3.05) is 19.0 Å². The highest BCUT2D eigenvalue weighted by Crippen LogP contribution is 2.30. The third kappa shape index (κ3) is 3.50. The van der Waals surface area contributed by atoms with E-state index in [-0.39, 0.29) is 4.90 Å². The summed E-state index contributed by atoms with van der Waals surface area (Å²) < 4.78 is 27.4. The molecule has 2 atom stereocenters. The van der Waals surface area contributed by atoms with Crippen LogP contribution in [0.15, 0.2) is 41.3 Å². The molecule has 0 aromatic heterocycles. The Balaban J connectivity index is 2.59. The first-order chi connectivity index (χ1) is 11.1. The van der Waals surface area contributed by atoms with Crippen LogP contribution in [0.4, 0.5) is 5.69 Å². The molecule has 0 unspecified atom stereocenters. The van der Waals surface area contributed by atoms with Crippen LogP contribution < -0.4 is 9.62 Å². The molecule has 0 fully saturated rings. The molecule has 24 heavy (non-hydrogen) atoms. The zero-order valence-corrected chi connectivity index (χ0v) is 14.4. The molecule has 2 aromatic carbocycles. The van der Waals surface area contributed by atoms with Crippen molar-refractivity contribution in [1.82, 2.24) is 4.72 Å². The van der Waals surface area contributed by atoms with E-state index in [0.29, 0.717) is 5.39 Å². The number of nitrogens with zero attached hydrogens (tertiary/aromatic N) is 1. The number of aliphatic hydroxyl groups excluding tert-OH is 1. The Morgan fingerprint density at radius 1 is 1.12 bits per heavy atom. The Labute approximate surface area is 140 Å². The number of hydrogen-bond acceptors (Lipinski definition) is 5. The molecule has 0 bridgehead atoms. The molecule has 8 heteroatoms. The van der Waals surface area contributed by atoms with Crippen LogP contribution >= 0.6 is 0 Å². The predicted octanol–water partition coefficient (Wildman–Crippen LogP) is 1.02. The Morgan fingerprint density at radius 3 is 2.25 bits per heavy atom. The van der Waals surface area contributed by atoms with Crippen molar-refractivity contribution in [2.24, 2.45) is 0 Å². The first-order valence-electron chi connectivity index (χ1n) is 7.27. The van der Waals surface area contributed by atoms with Crippen LogP contribution in [0.5, 0.6) is 0 Å². The van der Waals surface area contributed by atoms with Crippen molar-refractivity contribution < 1.29 is 23.4 Å². The summed E-state index contributed by atoms with van der Waals surface area (Å²) in [6, 6.07) is 8.44. The molecule has 130 valence electrons. The maximum atomic E-state index is 12.6. The van der Waals surface area contributed by atoms with Crippen molar-refractivity contribution in [2.45, 2.75) is 24.0 Å². The summed E-state index contributed by atoms with van der Waals surface area (Å²) in [5.74, 6) is -1.44. The topological polar surface area (TPSA) is 107 Å². The normalized spacial score (nSPS) is 14.3. The minimum absolute atomic E-state index is 0.0319. The zero-order chi connectivity index (χ0) is 18.1. The second-order valence-electron chi connectivity index (χ2n) is 5.70. The monoisotopic (exact) mass is 352 g/mol. The van der Waals surface area contributed by atoms with E-state index < -0.39 is 28.1 Å². The largest absolute Gasteiger partial charge is 0.480 e. The highest BCUT2D eigenvalue weighted by atomic mass is 32.2. The Morgan fingerprint density at radius 2 is 1.71 bits per heavy atom. The van der Waals surface area contributed by atoms with E-state index >= 15 is 0 Å². The molecule has 7 nitrogen and oxygen atoms in total. The molecule has 0 saturated carbocycles. The number of benzene rings is 2. The molecule has 2 aromatic rings.